The fraction of sp³-hybridized carbons (Fsp3) is 0.355. The Kier molecular flexibility index (Phi) is 8.94. The van der Waals surface area contributed by atoms with Gasteiger partial charge in [0.1, 0.15) is 11.6 Å². The molecule has 10 nitrogen and oxygen atoms in total. The number of rotatable bonds is 8. The lowest BCUT2D eigenvalue weighted by Gasteiger charge is -2.28. The summed E-state index contributed by atoms with van der Waals surface area (Å²) in [6.45, 7) is 10.1. The molecule has 1 fully saturated rings. The lowest BCUT2D eigenvalue weighted by molar-refractivity contribution is -0.123. The predicted octanol–water partition coefficient (Wildman–Crippen LogP) is 5.53. The predicted molar refractivity (Wildman–Crippen MR) is 163 cm³/mol. The molecular weight excluding hydrogens is 556 g/mol. The number of fused-ring (bicyclic) bond motifs is 1. The van der Waals surface area contributed by atoms with Crippen molar-refractivity contribution in [2.24, 2.45) is 5.92 Å². The third-order valence-electron chi connectivity index (χ3n) is 7.16. The Morgan fingerprint density at radius 2 is 1.67 bits per heavy atom. The van der Waals surface area contributed by atoms with Crippen LogP contribution in [0.1, 0.15) is 53.9 Å². The van der Waals surface area contributed by atoms with Gasteiger partial charge in [0.25, 0.3) is 5.91 Å². The van der Waals surface area contributed by atoms with Crippen LogP contribution in [0.15, 0.2) is 52.9 Å². The summed E-state index contributed by atoms with van der Waals surface area (Å²) in [4.78, 5) is 37.8. The van der Waals surface area contributed by atoms with Crippen LogP contribution in [0.2, 0.25) is 5.02 Å². The van der Waals surface area contributed by atoms with E-state index in [9.17, 15) is 9.59 Å². The Hall–Kier alpha value is -4.15. The van der Waals surface area contributed by atoms with Gasteiger partial charge in [-0.15, -0.1) is 0 Å². The highest BCUT2D eigenvalue weighted by Gasteiger charge is 2.28. The number of aromatic nitrogens is 2. The van der Waals surface area contributed by atoms with Crippen molar-refractivity contribution in [2.45, 2.75) is 40.0 Å². The fourth-order valence-corrected chi connectivity index (χ4v) is 5.07. The second kappa shape index (κ2) is 12.8. The van der Waals surface area contributed by atoms with Gasteiger partial charge < -0.3 is 19.4 Å². The Labute approximate surface area is 249 Å². The third-order valence-corrected chi connectivity index (χ3v) is 7.41. The van der Waals surface area contributed by atoms with Gasteiger partial charge in [-0.3, -0.25) is 20.4 Å². The van der Waals surface area contributed by atoms with E-state index in [4.69, 9.17) is 25.7 Å². The summed E-state index contributed by atoms with van der Waals surface area (Å²) in [6.07, 6.45) is 0.976. The van der Waals surface area contributed by atoms with Crippen LogP contribution in [0.3, 0.4) is 0 Å². The van der Waals surface area contributed by atoms with Gasteiger partial charge in [0.05, 0.1) is 30.1 Å². The van der Waals surface area contributed by atoms with Crippen LogP contribution < -0.4 is 21.1 Å². The summed E-state index contributed by atoms with van der Waals surface area (Å²) in [5.41, 5.74) is 8.50. The molecule has 3 heterocycles. The molecule has 1 atom stereocenters. The van der Waals surface area contributed by atoms with Crippen LogP contribution in [0.4, 0.5) is 17.5 Å². The zero-order valence-corrected chi connectivity index (χ0v) is 24.9. The Morgan fingerprint density at radius 1 is 0.976 bits per heavy atom. The number of hydrazine groups is 1. The van der Waals surface area contributed by atoms with E-state index >= 15 is 0 Å². The summed E-state index contributed by atoms with van der Waals surface area (Å²) in [6, 6.07) is 15.2. The molecule has 0 radical (unpaired) electrons. The number of aryl methyl sites for hydroxylation is 1. The maximum absolute atomic E-state index is 13.5. The van der Waals surface area contributed by atoms with E-state index in [2.05, 4.69) is 35.0 Å². The molecule has 0 bridgehead atoms. The monoisotopic (exact) mass is 590 g/mol. The number of amides is 2. The SMILES string of the molecule is Cc1oc2nc(Nc3ccc(Cl)cc3)nc(N3CCOCC3)c2c1C(=O)NNC(=O)C(C)c1ccc(CC(C)C)cc1. The molecule has 0 saturated carbocycles. The first kappa shape index (κ1) is 29.3. The zero-order chi connectivity index (χ0) is 29.8. The number of hydrogen-bond acceptors (Lipinski definition) is 8. The van der Waals surface area contributed by atoms with Gasteiger partial charge in [-0.1, -0.05) is 49.7 Å². The quantitative estimate of drug-likeness (QED) is 0.229. The van der Waals surface area contributed by atoms with Crippen LogP contribution in [0.25, 0.3) is 11.1 Å². The molecule has 220 valence electrons. The molecule has 42 heavy (non-hydrogen) atoms. The number of benzene rings is 2. The van der Waals surface area contributed by atoms with Crippen molar-refractivity contribution >= 4 is 52.0 Å². The van der Waals surface area contributed by atoms with Crippen molar-refractivity contribution < 1.29 is 18.7 Å². The normalized spacial score (nSPS) is 14.2. The smallest absolute Gasteiger partial charge is 0.274 e. The van der Waals surface area contributed by atoms with Gasteiger partial charge in [0, 0.05) is 23.8 Å². The molecular formula is C31H35ClN6O4. The highest BCUT2D eigenvalue weighted by molar-refractivity contribution is 6.30. The van der Waals surface area contributed by atoms with Crippen LogP contribution >= 0.6 is 11.6 Å². The van der Waals surface area contributed by atoms with E-state index in [0.717, 1.165) is 17.7 Å². The molecule has 0 spiro atoms. The fourth-order valence-electron chi connectivity index (χ4n) is 4.94. The van der Waals surface area contributed by atoms with Crippen molar-refractivity contribution in [1.29, 1.82) is 0 Å². The number of carbonyl (C=O) groups excluding carboxylic acids is 2. The minimum absolute atomic E-state index is 0.256. The first-order valence-electron chi connectivity index (χ1n) is 14.0. The Morgan fingerprint density at radius 3 is 2.33 bits per heavy atom. The maximum atomic E-state index is 13.5. The molecule has 1 saturated heterocycles. The minimum Gasteiger partial charge on any atom is -0.442 e. The molecule has 0 aliphatic carbocycles. The second-order valence-corrected chi connectivity index (χ2v) is 11.3. The van der Waals surface area contributed by atoms with Crippen molar-refractivity contribution in [3.63, 3.8) is 0 Å². The van der Waals surface area contributed by atoms with Crippen molar-refractivity contribution in [3.8, 4) is 0 Å². The summed E-state index contributed by atoms with van der Waals surface area (Å²) >= 11 is 6.03. The molecule has 4 aromatic rings. The van der Waals surface area contributed by atoms with Gasteiger partial charge >= 0.3 is 0 Å². The molecule has 2 amide bonds. The van der Waals surface area contributed by atoms with E-state index in [1.165, 1.54) is 5.56 Å². The highest BCUT2D eigenvalue weighted by atomic mass is 35.5. The minimum atomic E-state index is -0.518. The number of hydrogen-bond donors (Lipinski definition) is 3. The van der Waals surface area contributed by atoms with E-state index in [0.29, 0.717) is 60.2 Å². The number of carbonyl (C=O) groups is 2. The topological polar surface area (TPSA) is 122 Å². The number of morpholine rings is 1. The van der Waals surface area contributed by atoms with Crippen LogP contribution in [-0.4, -0.2) is 48.1 Å². The average molecular weight is 591 g/mol. The number of halogens is 1. The number of nitrogens with one attached hydrogen (secondary N) is 3. The molecule has 2 aromatic carbocycles. The second-order valence-electron chi connectivity index (χ2n) is 10.8. The van der Waals surface area contributed by atoms with Crippen LogP contribution in [-0.2, 0) is 16.0 Å². The van der Waals surface area contributed by atoms with Gasteiger partial charge in [0.15, 0.2) is 0 Å². The van der Waals surface area contributed by atoms with Gasteiger partial charge in [0.2, 0.25) is 17.6 Å². The van der Waals surface area contributed by atoms with E-state index in [1.54, 1.807) is 26.0 Å². The van der Waals surface area contributed by atoms with Gasteiger partial charge in [-0.05, 0) is 61.6 Å². The van der Waals surface area contributed by atoms with Crippen molar-refractivity contribution in [3.05, 3.63) is 76.0 Å². The molecule has 1 aliphatic rings. The molecule has 5 rings (SSSR count). The maximum Gasteiger partial charge on any atom is 0.274 e. The first-order valence-corrected chi connectivity index (χ1v) is 14.4. The summed E-state index contributed by atoms with van der Waals surface area (Å²) < 4.78 is 11.5. The zero-order valence-electron chi connectivity index (χ0n) is 24.2. The van der Waals surface area contributed by atoms with Crippen molar-refractivity contribution in [2.75, 3.05) is 36.5 Å². The molecule has 2 aromatic heterocycles. The molecule has 3 N–H and O–H groups in total. The lowest BCUT2D eigenvalue weighted by atomic mass is 9.96. The van der Waals surface area contributed by atoms with Gasteiger partial charge in [-0.2, -0.15) is 9.97 Å². The van der Waals surface area contributed by atoms with E-state index in [-0.39, 0.29) is 17.2 Å². The summed E-state index contributed by atoms with van der Waals surface area (Å²) in [5.74, 6) is 0.457. The van der Waals surface area contributed by atoms with E-state index in [1.807, 2.05) is 41.3 Å². The van der Waals surface area contributed by atoms with Gasteiger partial charge in [-0.25, -0.2) is 0 Å². The lowest BCUT2D eigenvalue weighted by Crippen LogP contribution is -2.43. The Balaban J connectivity index is 1.38. The number of anilines is 3. The average Bonchev–Trinajstić information content (AvgIpc) is 3.32. The van der Waals surface area contributed by atoms with E-state index < -0.39 is 11.8 Å². The first-order chi connectivity index (χ1) is 20.2. The number of nitrogens with zero attached hydrogens (tertiary/aromatic N) is 3. The summed E-state index contributed by atoms with van der Waals surface area (Å²) in [7, 11) is 0. The number of furan rings is 1. The standard InChI is InChI=1S/C31H35ClN6O4/c1-18(2)17-21-5-7-22(8-6-21)19(3)28(39)36-37-29(40)25-20(4)42-30-26(25)27(38-13-15-41-16-14-38)34-31(35-30)33-24-11-9-23(32)10-12-24/h5-12,18-19H,13-17H2,1-4H3,(H,36,39)(H,37,40)(H,33,34,35). The summed E-state index contributed by atoms with van der Waals surface area (Å²) in [5, 5.41) is 4.27. The molecule has 1 aliphatic heterocycles. The largest absolute Gasteiger partial charge is 0.442 e. The number of ether oxygens (including phenoxy) is 1. The molecule has 1 unspecified atom stereocenters. The molecule has 11 heteroatoms. The van der Waals surface area contributed by atoms with Crippen LogP contribution in [0.5, 0.6) is 0 Å². The van der Waals surface area contributed by atoms with Crippen molar-refractivity contribution in [1.82, 2.24) is 20.8 Å². The Bertz CT molecular complexity index is 1560. The third kappa shape index (κ3) is 6.66. The highest BCUT2D eigenvalue weighted by Crippen LogP contribution is 2.34. The van der Waals surface area contributed by atoms with Crippen LogP contribution in [0, 0.1) is 12.8 Å².